The molecule has 0 aliphatic carbocycles. The first-order valence-electron chi connectivity index (χ1n) is 5.88. The highest BCUT2D eigenvalue weighted by Gasteiger charge is 2.38. The molecule has 0 aromatic heterocycles. The molecular formula is C13H14N2O4S. The van der Waals surface area contributed by atoms with Crippen molar-refractivity contribution < 1.29 is 18.0 Å². The van der Waals surface area contributed by atoms with E-state index in [1.807, 2.05) is 0 Å². The van der Waals surface area contributed by atoms with Gasteiger partial charge in [0.2, 0.25) is 11.7 Å². The van der Waals surface area contributed by atoms with E-state index in [4.69, 9.17) is 0 Å². The van der Waals surface area contributed by atoms with Gasteiger partial charge in [-0.15, -0.1) is 0 Å². The molecule has 0 saturated carbocycles. The Morgan fingerprint density at radius 3 is 2.40 bits per heavy atom. The van der Waals surface area contributed by atoms with Gasteiger partial charge in [0.15, 0.2) is 0 Å². The van der Waals surface area contributed by atoms with Crippen LogP contribution in [0.4, 0.5) is 0 Å². The zero-order chi connectivity index (χ0) is 15.1. The second kappa shape index (κ2) is 4.75. The first-order valence-corrected chi connectivity index (χ1v) is 7.32. The average Bonchev–Trinajstić information content (AvgIpc) is 2.36. The highest BCUT2D eigenvalue weighted by Crippen LogP contribution is 2.31. The van der Waals surface area contributed by atoms with Crippen molar-refractivity contribution in [3.63, 3.8) is 0 Å². The average molecular weight is 294 g/mol. The van der Waals surface area contributed by atoms with Crippen LogP contribution in [-0.2, 0) is 14.8 Å². The maximum atomic E-state index is 12.4. The van der Waals surface area contributed by atoms with Crippen LogP contribution < -0.4 is 5.32 Å². The highest BCUT2D eigenvalue weighted by atomic mass is 32.2. The second-order valence-electron chi connectivity index (χ2n) is 4.45. The lowest BCUT2D eigenvalue weighted by molar-refractivity contribution is -0.118. The maximum absolute atomic E-state index is 12.4. The first kappa shape index (κ1) is 14.3. The lowest BCUT2D eigenvalue weighted by Gasteiger charge is -2.29. The summed E-state index contributed by atoms with van der Waals surface area (Å²) in [5, 5.41) is 2.46. The van der Waals surface area contributed by atoms with Crippen molar-refractivity contribution in [2.75, 3.05) is 7.05 Å². The Bertz CT molecular complexity index is 734. The van der Waals surface area contributed by atoms with Gasteiger partial charge in [-0.3, -0.25) is 13.9 Å². The first-order chi connectivity index (χ1) is 9.26. The van der Waals surface area contributed by atoms with Crippen molar-refractivity contribution in [1.29, 1.82) is 0 Å². The summed E-state index contributed by atoms with van der Waals surface area (Å²) in [5.41, 5.74) is 0.285. The number of hydrogen-bond acceptors (Lipinski definition) is 4. The SMILES string of the molecule is CC(=O)N/C(C)=C1/C(=O)c2ccccc2S(=O)(=O)N1C. The number of carbonyl (C=O) groups excluding carboxylic acids is 2. The minimum Gasteiger partial charge on any atom is -0.328 e. The third-order valence-corrected chi connectivity index (χ3v) is 4.83. The molecule has 1 aromatic carbocycles. The lowest BCUT2D eigenvalue weighted by Crippen LogP contribution is -2.39. The molecule has 106 valence electrons. The summed E-state index contributed by atoms with van der Waals surface area (Å²) < 4.78 is 25.7. The molecule has 0 saturated heterocycles. The van der Waals surface area contributed by atoms with Crippen LogP contribution in [0.15, 0.2) is 40.6 Å². The zero-order valence-electron chi connectivity index (χ0n) is 11.3. The van der Waals surface area contributed by atoms with E-state index < -0.39 is 15.8 Å². The molecule has 1 N–H and O–H groups in total. The van der Waals surface area contributed by atoms with Gasteiger partial charge in [0.25, 0.3) is 10.0 Å². The van der Waals surface area contributed by atoms with Crippen LogP contribution in [0, 0.1) is 0 Å². The number of amides is 1. The number of nitrogens with one attached hydrogen (secondary N) is 1. The van der Waals surface area contributed by atoms with Gasteiger partial charge in [0, 0.05) is 25.2 Å². The highest BCUT2D eigenvalue weighted by molar-refractivity contribution is 7.89. The second-order valence-corrected chi connectivity index (χ2v) is 6.39. The molecule has 7 heteroatoms. The summed E-state index contributed by atoms with van der Waals surface area (Å²) in [6, 6.07) is 6.02. The molecule has 1 heterocycles. The van der Waals surface area contributed by atoms with Crippen LogP contribution in [0.5, 0.6) is 0 Å². The van der Waals surface area contributed by atoms with Gasteiger partial charge in [0.1, 0.15) is 5.70 Å². The normalized spacial score (nSPS) is 19.4. The molecule has 1 aromatic rings. The number of Topliss-reactive ketones (excluding diaryl/α,β-unsaturated/α-hetero) is 1. The number of rotatable bonds is 1. The van der Waals surface area contributed by atoms with E-state index in [1.165, 1.54) is 33.0 Å². The van der Waals surface area contributed by atoms with E-state index in [1.54, 1.807) is 12.1 Å². The number of benzene rings is 1. The Hall–Kier alpha value is -2.15. The number of nitrogens with zero attached hydrogens (tertiary/aromatic N) is 1. The summed E-state index contributed by atoms with van der Waals surface area (Å²) in [4.78, 5) is 23.5. The summed E-state index contributed by atoms with van der Waals surface area (Å²) in [5.74, 6) is -0.795. The van der Waals surface area contributed by atoms with E-state index >= 15 is 0 Å². The molecule has 1 amide bonds. The van der Waals surface area contributed by atoms with Gasteiger partial charge in [-0.1, -0.05) is 12.1 Å². The molecule has 1 aliphatic rings. The molecular weight excluding hydrogens is 280 g/mol. The van der Waals surface area contributed by atoms with Crippen LogP contribution in [-0.4, -0.2) is 31.5 Å². The largest absolute Gasteiger partial charge is 0.328 e. The fourth-order valence-electron chi connectivity index (χ4n) is 2.15. The molecule has 0 atom stereocenters. The Balaban J connectivity index is 2.72. The number of fused-ring (bicyclic) bond motifs is 1. The van der Waals surface area contributed by atoms with Crippen molar-refractivity contribution in [3.8, 4) is 0 Å². The minimum absolute atomic E-state index is 0.0214. The Labute approximate surface area is 117 Å². The fraction of sp³-hybridized carbons (Fsp3) is 0.231. The third-order valence-electron chi connectivity index (χ3n) is 3.02. The molecule has 1 aliphatic heterocycles. The van der Waals surface area contributed by atoms with E-state index in [-0.39, 0.29) is 27.8 Å². The third kappa shape index (κ3) is 2.09. The topological polar surface area (TPSA) is 83.5 Å². The number of sulfonamides is 1. The summed E-state index contributed by atoms with van der Waals surface area (Å²) in [6.45, 7) is 2.79. The van der Waals surface area contributed by atoms with Crippen molar-refractivity contribution in [2.45, 2.75) is 18.7 Å². The van der Waals surface area contributed by atoms with Crippen molar-refractivity contribution in [1.82, 2.24) is 9.62 Å². The molecule has 0 spiro atoms. The van der Waals surface area contributed by atoms with Gasteiger partial charge in [-0.05, 0) is 19.1 Å². The van der Waals surface area contributed by atoms with E-state index in [0.29, 0.717) is 0 Å². The Morgan fingerprint density at radius 1 is 1.20 bits per heavy atom. The van der Waals surface area contributed by atoms with Crippen LogP contribution in [0.1, 0.15) is 24.2 Å². The molecule has 0 fully saturated rings. The lowest BCUT2D eigenvalue weighted by atomic mass is 10.1. The molecule has 0 bridgehead atoms. The zero-order valence-corrected chi connectivity index (χ0v) is 12.1. The molecule has 20 heavy (non-hydrogen) atoms. The predicted octanol–water partition coefficient (Wildman–Crippen LogP) is 0.871. The van der Waals surface area contributed by atoms with Gasteiger partial charge < -0.3 is 5.32 Å². The quantitative estimate of drug-likeness (QED) is 0.779. The molecule has 6 nitrogen and oxygen atoms in total. The van der Waals surface area contributed by atoms with Crippen LogP contribution >= 0.6 is 0 Å². The summed E-state index contributed by atoms with van der Waals surface area (Å²) >= 11 is 0. The fourth-order valence-corrected chi connectivity index (χ4v) is 3.59. The van der Waals surface area contributed by atoms with Gasteiger partial charge in [-0.2, -0.15) is 0 Å². The maximum Gasteiger partial charge on any atom is 0.264 e. The predicted molar refractivity (Wildman–Crippen MR) is 72.2 cm³/mol. The standard InChI is InChI=1S/C13H14N2O4S/c1-8(14-9(2)16)12-13(17)10-6-4-5-7-11(10)20(18,19)15(12)3/h4-7H,1-3H3,(H,14,16)/b12-8-. The number of likely N-dealkylation sites (N-methyl/N-ethyl adjacent to an activating group) is 1. The monoisotopic (exact) mass is 294 g/mol. The van der Waals surface area contributed by atoms with E-state index in [2.05, 4.69) is 5.32 Å². The smallest absolute Gasteiger partial charge is 0.264 e. The van der Waals surface area contributed by atoms with E-state index in [9.17, 15) is 18.0 Å². The van der Waals surface area contributed by atoms with Crippen LogP contribution in [0.2, 0.25) is 0 Å². The van der Waals surface area contributed by atoms with Crippen molar-refractivity contribution in [2.24, 2.45) is 0 Å². The van der Waals surface area contributed by atoms with Gasteiger partial charge in [0.05, 0.1) is 4.90 Å². The van der Waals surface area contributed by atoms with Crippen molar-refractivity contribution >= 4 is 21.7 Å². The molecule has 2 rings (SSSR count). The molecule has 0 radical (unpaired) electrons. The van der Waals surface area contributed by atoms with Crippen LogP contribution in [0.25, 0.3) is 0 Å². The van der Waals surface area contributed by atoms with Crippen molar-refractivity contribution in [3.05, 3.63) is 41.2 Å². The summed E-state index contributed by atoms with van der Waals surface area (Å²) in [7, 11) is -2.48. The Kier molecular flexibility index (Phi) is 3.39. The van der Waals surface area contributed by atoms with Gasteiger partial charge >= 0.3 is 0 Å². The number of carbonyl (C=O) groups is 2. The molecule has 0 unspecified atom stereocenters. The van der Waals surface area contributed by atoms with Crippen LogP contribution in [0.3, 0.4) is 0 Å². The Morgan fingerprint density at radius 2 is 1.80 bits per heavy atom. The minimum atomic E-state index is -3.78. The van der Waals surface area contributed by atoms with E-state index in [0.717, 1.165) is 4.31 Å². The number of hydrogen-bond donors (Lipinski definition) is 1. The number of ketones is 1. The summed E-state index contributed by atoms with van der Waals surface area (Å²) in [6.07, 6.45) is 0. The number of allylic oxidation sites excluding steroid dienone is 2. The van der Waals surface area contributed by atoms with Gasteiger partial charge in [-0.25, -0.2) is 8.42 Å².